The maximum atomic E-state index is 6.44. The van der Waals surface area contributed by atoms with Gasteiger partial charge in [-0.2, -0.15) is 0 Å². The van der Waals surface area contributed by atoms with E-state index >= 15 is 0 Å². The average Bonchev–Trinajstić information content (AvgIpc) is 2.81. The van der Waals surface area contributed by atoms with Gasteiger partial charge in [0.1, 0.15) is 11.4 Å². The molecule has 19 heavy (non-hydrogen) atoms. The van der Waals surface area contributed by atoms with Crippen molar-refractivity contribution in [3.63, 3.8) is 0 Å². The summed E-state index contributed by atoms with van der Waals surface area (Å²) in [6.07, 6.45) is 6.13. The Kier molecular flexibility index (Phi) is 3.61. The summed E-state index contributed by atoms with van der Waals surface area (Å²) in [6, 6.07) is 6.80. The Balaban J connectivity index is 1.92. The molecule has 3 heteroatoms. The van der Waals surface area contributed by atoms with Gasteiger partial charge in [0.25, 0.3) is 0 Å². The summed E-state index contributed by atoms with van der Waals surface area (Å²) in [5, 5.41) is 3.47. The minimum atomic E-state index is 0.0786. The first-order chi connectivity index (χ1) is 9.15. The highest BCUT2D eigenvalue weighted by molar-refractivity contribution is 9.10. The van der Waals surface area contributed by atoms with Gasteiger partial charge in [0.15, 0.2) is 0 Å². The van der Waals surface area contributed by atoms with Gasteiger partial charge < -0.3 is 10.1 Å². The lowest BCUT2D eigenvalue weighted by atomic mass is 9.85. The van der Waals surface area contributed by atoms with Gasteiger partial charge in [-0.05, 0) is 50.4 Å². The predicted molar refractivity (Wildman–Crippen MR) is 81.6 cm³/mol. The van der Waals surface area contributed by atoms with E-state index in [-0.39, 0.29) is 5.60 Å². The largest absolute Gasteiger partial charge is 0.487 e. The van der Waals surface area contributed by atoms with Crippen LogP contribution in [0.1, 0.15) is 50.6 Å². The monoisotopic (exact) mass is 323 g/mol. The smallest absolute Gasteiger partial charge is 0.125 e. The molecule has 0 bridgehead atoms. The standard InChI is InChI=1S/C16H22BrNO/c1-3-11-6-7-16(9-11)10-14(18-2)13-8-12(17)4-5-15(13)19-16/h4-5,8,11,14,18H,3,6-7,9-10H2,1-2H3. The van der Waals surface area contributed by atoms with Crippen molar-refractivity contribution in [2.45, 2.75) is 50.7 Å². The second-order valence-electron chi connectivity index (χ2n) is 6.03. The molecule has 1 fully saturated rings. The van der Waals surface area contributed by atoms with E-state index in [9.17, 15) is 0 Å². The summed E-state index contributed by atoms with van der Waals surface area (Å²) in [5.74, 6) is 1.92. The van der Waals surface area contributed by atoms with Gasteiger partial charge in [0.2, 0.25) is 0 Å². The zero-order valence-corrected chi connectivity index (χ0v) is 13.3. The first-order valence-corrected chi connectivity index (χ1v) is 8.11. The Morgan fingerprint density at radius 1 is 1.42 bits per heavy atom. The quantitative estimate of drug-likeness (QED) is 0.868. The van der Waals surface area contributed by atoms with Crippen LogP contribution in [0.5, 0.6) is 5.75 Å². The van der Waals surface area contributed by atoms with Crippen LogP contribution in [-0.4, -0.2) is 12.6 Å². The second kappa shape index (κ2) is 5.10. The molecular weight excluding hydrogens is 302 g/mol. The molecule has 1 N–H and O–H groups in total. The van der Waals surface area contributed by atoms with Crippen molar-refractivity contribution in [3.8, 4) is 5.75 Å². The zero-order chi connectivity index (χ0) is 13.5. The van der Waals surface area contributed by atoms with Crippen LogP contribution in [-0.2, 0) is 0 Å². The third kappa shape index (κ3) is 2.43. The molecule has 1 heterocycles. The fraction of sp³-hybridized carbons (Fsp3) is 0.625. The molecule has 0 radical (unpaired) electrons. The first kappa shape index (κ1) is 13.4. The number of hydrogen-bond acceptors (Lipinski definition) is 2. The highest BCUT2D eigenvalue weighted by Gasteiger charge is 2.45. The molecule has 104 valence electrons. The lowest BCUT2D eigenvalue weighted by Gasteiger charge is -2.40. The Labute approximate surface area is 124 Å². The summed E-state index contributed by atoms with van der Waals surface area (Å²) in [6.45, 7) is 2.30. The van der Waals surface area contributed by atoms with Gasteiger partial charge in [-0.3, -0.25) is 0 Å². The molecule has 0 amide bonds. The minimum absolute atomic E-state index is 0.0786. The molecule has 2 aliphatic rings. The van der Waals surface area contributed by atoms with E-state index in [1.165, 1.54) is 31.2 Å². The summed E-state index contributed by atoms with van der Waals surface area (Å²) in [5.41, 5.74) is 1.37. The molecule has 1 spiro atoms. The molecule has 1 aromatic carbocycles. The molecule has 0 saturated heterocycles. The second-order valence-corrected chi connectivity index (χ2v) is 6.95. The lowest BCUT2D eigenvalue weighted by Crippen LogP contribution is -2.41. The van der Waals surface area contributed by atoms with E-state index in [4.69, 9.17) is 4.74 Å². The number of fused-ring (bicyclic) bond motifs is 1. The van der Waals surface area contributed by atoms with Crippen molar-refractivity contribution in [1.29, 1.82) is 0 Å². The van der Waals surface area contributed by atoms with Crippen LogP contribution in [0.15, 0.2) is 22.7 Å². The molecule has 1 aromatic rings. The van der Waals surface area contributed by atoms with E-state index in [1.807, 2.05) is 0 Å². The van der Waals surface area contributed by atoms with Gasteiger partial charge >= 0.3 is 0 Å². The number of rotatable bonds is 2. The van der Waals surface area contributed by atoms with Crippen molar-refractivity contribution in [2.75, 3.05) is 7.05 Å². The predicted octanol–water partition coefficient (Wildman–Crippen LogP) is 4.44. The lowest BCUT2D eigenvalue weighted by molar-refractivity contribution is 0.0339. The zero-order valence-electron chi connectivity index (χ0n) is 11.7. The molecule has 3 atom stereocenters. The van der Waals surface area contributed by atoms with Crippen molar-refractivity contribution in [1.82, 2.24) is 5.32 Å². The fourth-order valence-electron chi connectivity index (χ4n) is 3.72. The maximum absolute atomic E-state index is 6.44. The molecular formula is C16H22BrNO. The van der Waals surface area contributed by atoms with Crippen molar-refractivity contribution >= 4 is 15.9 Å². The van der Waals surface area contributed by atoms with E-state index in [1.54, 1.807) is 0 Å². The van der Waals surface area contributed by atoms with Crippen LogP contribution >= 0.6 is 15.9 Å². The number of nitrogens with one attached hydrogen (secondary N) is 1. The van der Waals surface area contributed by atoms with E-state index in [0.717, 1.165) is 22.6 Å². The van der Waals surface area contributed by atoms with Gasteiger partial charge in [0.05, 0.1) is 0 Å². The minimum Gasteiger partial charge on any atom is -0.487 e. The number of halogens is 1. The highest BCUT2D eigenvalue weighted by atomic mass is 79.9. The van der Waals surface area contributed by atoms with Crippen LogP contribution in [0.25, 0.3) is 0 Å². The van der Waals surface area contributed by atoms with Gasteiger partial charge in [-0.15, -0.1) is 0 Å². The summed E-state index contributed by atoms with van der Waals surface area (Å²) >= 11 is 3.56. The summed E-state index contributed by atoms with van der Waals surface area (Å²) in [4.78, 5) is 0. The number of ether oxygens (including phenoxy) is 1. The topological polar surface area (TPSA) is 21.3 Å². The first-order valence-electron chi connectivity index (χ1n) is 7.31. The molecule has 3 unspecified atom stereocenters. The molecule has 1 saturated carbocycles. The SMILES string of the molecule is CCC1CCC2(C1)CC(NC)c1cc(Br)ccc1O2. The normalized spacial score (nSPS) is 33.2. The van der Waals surface area contributed by atoms with Crippen LogP contribution in [0, 0.1) is 5.92 Å². The molecule has 1 aliphatic heterocycles. The summed E-state index contributed by atoms with van der Waals surface area (Å²) in [7, 11) is 2.06. The number of hydrogen-bond donors (Lipinski definition) is 1. The highest BCUT2D eigenvalue weighted by Crippen LogP contribution is 2.49. The molecule has 1 aliphatic carbocycles. The van der Waals surface area contributed by atoms with Gasteiger partial charge in [-0.1, -0.05) is 29.3 Å². The number of benzene rings is 1. The van der Waals surface area contributed by atoms with Crippen molar-refractivity contribution in [2.24, 2.45) is 5.92 Å². The van der Waals surface area contributed by atoms with Gasteiger partial charge in [0, 0.05) is 22.5 Å². The van der Waals surface area contributed by atoms with Gasteiger partial charge in [-0.25, -0.2) is 0 Å². The molecule has 0 aromatic heterocycles. The third-order valence-electron chi connectivity index (χ3n) is 4.84. The Hall–Kier alpha value is -0.540. The summed E-state index contributed by atoms with van der Waals surface area (Å²) < 4.78 is 7.57. The fourth-order valence-corrected chi connectivity index (χ4v) is 4.10. The molecule has 2 nitrogen and oxygen atoms in total. The Morgan fingerprint density at radius 2 is 2.26 bits per heavy atom. The average molecular weight is 324 g/mol. The van der Waals surface area contributed by atoms with Crippen LogP contribution in [0.4, 0.5) is 0 Å². The molecule has 3 rings (SSSR count). The van der Waals surface area contributed by atoms with Crippen molar-refractivity contribution in [3.05, 3.63) is 28.2 Å². The maximum Gasteiger partial charge on any atom is 0.125 e. The third-order valence-corrected chi connectivity index (χ3v) is 5.34. The Morgan fingerprint density at radius 3 is 2.95 bits per heavy atom. The Bertz CT molecular complexity index is 476. The van der Waals surface area contributed by atoms with E-state index in [0.29, 0.717) is 6.04 Å². The van der Waals surface area contributed by atoms with E-state index < -0.39 is 0 Å². The van der Waals surface area contributed by atoms with Crippen LogP contribution in [0.3, 0.4) is 0 Å². The van der Waals surface area contributed by atoms with Crippen molar-refractivity contribution < 1.29 is 4.74 Å². The van der Waals surface area contributed by atoms with Crippen LogP contribution < -0.4 is 10.1 Å². The van der Waals surface area contributed by atoms with Crippen LogP contribution in [0.2, 0.25) is 0 Å². The van der Waals surface area contributed by atoms with E-state index in [2.05, 4.69) is 53.4 Å².